The molecule has 0 fully saturated rings. The molecule has 3 N–H and O–H groups in total. The molecule has 0 heterocycles. The Morgan fingerprint density at radius 3 is 0.778 bits per heavy atom. The first-order valence-electron chi connectivity index (χ1n) is 4.71. The number of aliphatic carboxylic acids is 3. The van der Waals surface area contributed by atoms with Crippen LogP contribution >= 0.6 is 37.9 Å². The van der Waals surface area contributed by atoms with E-state index in [-0.39, 0.29) is 17.3 Å². The van der Waals surface area contributed by atoms with Gasteiger partial charge in [-0.2, -0.15) is 37.9 Å². The van der Waals surface area contributed by atoms with Gasteiger partial charge < -0.3 is 15.3 Å². The summed E-state index contributed by atoms with van der Waals surface area (Å²) in [6.45, 7) is 4.25. The molecule has 0 aromatic heterocycles. The van der Waals surface area contributed by atoms with Crippen molar-refractivity contribution >= 4 is 55.8 Å². The Balaban J connectivity index is -0.0000000739. The highest BCUT2D eigenvalue weighted by Gasteiger charge is 1.82. The van der Waals surface area contributed by atoms with Crippen molar-refractivity contribution in [2.24, 2.45) is 0 Å². The Morgan fingerprint density at radius 2 is 0.778 bits per heavy atom. The maximum absolute atomic E-state index is 9.29. The third-order valence-electron chi connectivity index (χ3n) is 0.406. The summed E-state index contributed by atoms with van der Waals surface area (Å²) in [7, 11) is 0. The Labute approximate surface area is 123 Å². The molecule has 0 saturated heterocycles. The van der Waals surface area contributed by atoms with Crippen molar-refractivity contribution in [3.63, 3.8) is 0 Å². The van der Waals surface area contributed by atoms with Crippen LogP contribution in [-0.2, 0) is 14.4 Å². The van der Waals surface area contributed by atoms with Crippen molar-refractivity contribution < 1.29 is 29.7 Å². The summed E-state index contributed by atoms with van der Waals surface area (Å²) in [5, 5.41) is 22.9. The van der Waals surface area contributed by atoms with Gasteiger partial charge in [-0.1, -0.05) is 20.3 Å². The van der Waals surface area contributed by atoms with E-state index in [2.05, 4.69) is 51.7 Å². The average Bonchev–Trinajstić information content (AvgIpc) is 2.31. The van der Waals surface area contributed by atoms with Crippen LogP contribution in [0.15, 0.2) is 0 Å². The second-order valence-corrected chi connectivity index (χ2v) is 3.31. The van der Waals surface area contributed by atoms with Crippen LogP contribution in [0.1, 0.15) is 20.3 Å². The largest absolute Gasteiger partial charge is 0.481 e. The van der Waals surface area contributed by atoms with Crippen molar-refractivity contribution in [3.05, 3.63) is 0 Å². The molecule has 0 aliphatic carbocycles. The van der Waals surface area contributed by atoms with Crippen molar-refractivity contribution in [1.29, 1.82) is 0 Å². The third kappa shape index (κ3) is 108. The van der Waals surface area contributed by atoms with E-state index in [0.717, 1.165) is 0 Å². The zero-order valence-electron chi connectivity index (χ0n) is 10.2. The lowest BCUT2D eigenvalue weighted by Gasteiger charge is -1.71. The minimum atomic E-state index is -0.881. The summed E-state index contributed by atoms with van der Waals surface area (Å²) in [6, 6.07) is 0. The van der Waals surface area contributed by atoms with E-state index in [1.807, 2.05) is 0 Å². The number of carbonyl (C=O) groups is 3. The van der Waals surface area contributed by atoms with Crippen molar-refractivity contribution in [1.82, 2.24) is 0 Å². The van der Waals surface area contributed by atoms with Gasteiger partial charge in [-0.25, -0.2) is 0 Å². The molecule has 0 atom stereocenters. The smallest absolute Gasteiger partial charge is 0.313 e. The summed E-state index contributed by atoms with van der Waals surface area (Å²) in [5.41, 5.74) is 0. The Morgan fingerprint density at radius 1 is 0.722 bits per heavy atom. The fourth-order valence-corrected chi connectivity index (χ4v) is 0. The zero-order chi connectivity index (χ0) is 15.6. The van der Waals surface area contributed by atoms with Gasteiger partial charge in [-0.3, -0.25) is 14.4 Å². The number of carboxylic acids is 3. The fourth-order valence-electron chi connectivity index (χ4n) is 0. The van der Waals surface area contributed by atoms with Crippen LogP contribution in [0, 0.1) is 0 Å². The first-order valence-corrected chi connectivity index (χ1v) is 6.60. The molecule has 0 unspecified atom stereocenters. The first kappa shape index (κ1) is 26.1. The highest BCUT2D eigenvalue weighted by Crippen LogP contribution is 1.67. The lowest BCUT2D eigenvalue weighted by molar-refractivity contribution is -0.134. The van der Waals surface area contributed by atoms with Crippen molar-refractivity contribution in [3.8, 4) is 0 Å². The topological polar surface area (TPSA) is 112 Å². The quantitative estimate of drug-likeness (QED) is 0.439. The summed E-state index contributed by atoms with van der Waals surface area (Å²) in [6.07, 6.45) is 1.25. The molecular formula is C9H20O6S3. The molecule has 0 aromatic carbocycles. The second kappa shape index (κ2) is 25.3. The van der Waals surface area contributed by atoms with Gasteiger partial charge in [0.15, 0.2) is 0 Å². The number of hydrogen-bond acceptors (Lipinski definition) is 6. The molecule has 9 heteroatoms. The van der Waals surface area contributed by atoms with E-state index in [0.29, 0.717) is 0 Å². The van der Waals surface area contributed by atoms with Crippen LogP contribution in [0.4, 0.5) is 0 Å². The van der Waals surface area contributed by atoms with E-state index in [1.54, 1.807) is 0 Å². The van der Waals surface area contributed by atoms with Gasteiger partial charge in [-0.05, 0) is 0 Å². The van der Waals surface area contributed by atoms with Gasteiger partial charge in [-0.15, -0.1) is 0 Å². The molecule has 110 valence electrons. The van der Waals surface area contributed by atoms with Gasteiger partial charge in [0.25, 0.3) is 0 Å². The zero-order valence-corrected chi connectivity index (χ0v) is 12.9. The van der Waals surface area contributed by atoms with E-state index in [9.17, 15) is 14.4 Å². The highest BCUT2D eigenvalue weighted by molar-refractivity contribution is 7.81. The monoisotopic (exact) mass is 320 g/mol. The lowest BCUT2D eigenvalue weighted by atomic mass is 10.6. The summed E-state index contributed by atoms with van der Waals surface area (Å²) in [4.78, 5) is 27.9. The number of carboxylic acid groups (broad SMARTS) is 3. The Kier molecular flexibility index (Phi) is 36.8. The van der Waals surface area contributed by atoms with Gasteiger partial charge in [0.05, 0.1) is 17.3 Å². The maximum atomic E-state index is 9.29. The van der Waals surface area contributed by atoms with Gasteiger partial charge in [0.2, 0.25) is 0 Å². The number of rotatable bonds is 3. The first-order chi connectivity index (χ1) is 8.22. The second-order valence-electron chi connectivity index (χ2n) is 2.36. The molecule has 0 radical (unpaired) electrons. The number of hydrogen-bond donors (Lipinski definition) is 6. The Bertz CT molecular complexity index is 177. The summed E-state index contributed by atoms with van der Waals surface area (Å²) in [5.74, 6) is -2.89. The minimum absolute atomic E-state index is 0.0833. The predicted octanol–water partition coefficient (Wildman–Crippen LogP) is 1.42. The lowest BCUT2D eigenvalue weighted by Crippen LogP contribution is -1.92. The Hall–Kier alpha value is -0.540. The van der Waals surface area contributed by atoms with Crippen LogP contribution in [0.5, 0.6) is 0 Å². The number of thiol groups is 3. The van der Waals surface area contributed by atoms with E-state index < -0.39 is 17.9 Å². The van der Waals surface area contributed by atoms with E-state index in [1.165, 1.54) is 6.42 Å². The van der Waals surface area contributed by atoms with Gasteiger partial charge in [0.1, 0.15) is 0 Å². The van der Waals surface area contributed by atoms with Crippen LogP contribution < -0.4 is 0 Å². The molecule has 0 amide bonds. The molecule has 0 aliphatic heterocycles. The van der Waals surface area contributed by atoms with Crippen LogP contribution in [0.3, 0.4) is 0 Å². The molecule has 0 spiro atoms. The van der Waals surface area contributed by atoms with Crippen molar-refractivity contribution in [2.45, 2.75) is 20.3 Å². The van der Waals surface area contributed by atoms with Crippen LogP contribution in [-0.4, -0.2) is 50.5 Å². The average molecular weight is 320 g/mol. The summed E-state index contributed by atoms with van der Waals surface area (Å²) < 4.78 is 0. The molecule has 0 rings (SSSR count). The summed E-state index contributed by atoms with van der Waals surface area (Å²) >= 11 is 10.2. The normalized spacial score (nSPS) is 7.17. The van der Waals surface area contributed by atoms with E-state index in [4.69, 9.17) is 15.3 Å². The van der Waals surface area contributed by atoms with Gasteiger partial charge >= 0.3 is 17.9 Å². The fraction of sp³-hybridized carbons (Fsp3) is 0.667. The molecular weight excluding hydrogens is 300 g/mol. The maximum Gasteiger partial charge on any atom is 0.313 e. The predicted molar refractivity (Wildman–Crippen MR) is 80.4 cm³/mol. The molecule has 0 aromatic rings. The van der Waals surface area contributed by atoms with Gasteiger partial charge in [0, 0.05) is 0 Å². The van der Waals surface area contributed by atoms with Crippen LogP contribution in [0.25, 0.3) is 0 Å². The SMILES string of the molecule is CCC.O=C(O)CS.O=C(O)CS.O=C(O)CS. The third-order valence-corrected chi connectivity index (χ3v) is 1.22. The molecule has 0 saturated carbocycles. The molecule has 18 heavy (non-hydrogen) atoms. The standard InChI is InChI=1S/C3H8.3C2H4O2S/c1-3-2;3*3-2(4)1-5/h3H2,1-2H3;3*5H,1H2,(H,3,4). The van der Waals surface area contributed by atoms with E-state index >= 15 is 0 Å². The van der Waals surface area contributed by atoms with Crippen molar-refractivity contribution in [2.75, 3.05) is 17.3 Å². The molecule has 6 nitrogen and oxygen atoms in total. The minimum Gasteiger partial charge on any atom is -0.481 e. The highest BCUT2D eigenvalue weighted by atomic mass is 32.1. The van der Waals surface area contributed by atoms with Crippen LogP contribution in [0.2, 0.25) is 0 Å². The molecule has 0 aliphatic rings. The molecule has 0 bridgehead atoms.